The fourth-order valence-electron chi connectivity index (χ4n) is 12.9. The summed E-state index contributed by atoms with van der Waals surface area (Å²) in [4.78, 5) is 0. The Kier molecular flexibility index (Phi) is 23.4. The highest BCUT2D eigenvalue weighted by Crippen LogP contribution is 2.53. The van der Waals surface area contributed by atoms with Gasteiger partial charge in [-0.3, -0.25) is 0 Å². The number of allylic oxidation sites excluding steroid dienone is 2. The first kappa shape index (κ1) is 70.8. The van der Waals surface area contributed by atoms with Crippen LogP contribution in [0.4, 0.5) is 0 Å². The van der Waals surface area contributed by atoms with Gasteiger partial charge in [0, 0.05) is 17.9 Å². The molecular formula is C81H92O17. The second kappa shape index (κ2) is 32.4. The Morgan fingerprint density at radius 1 is 0.480 bits per heavy atom. The van der Waals surface area contributed by atoms with Gasteiger partial charge in [0.2, 0.25) is 26.1 Å². The van der Waals surface area contributed by atoms with Crippen molar-refractivity contribution < 1.29 is 81.6 Å². The van der Waals surface area contributed by atoms with E-state index < -0.39 is 0 Å². The highest BCUT2D eigenvalue weighted by atomic mass is 16.7. The predicted molar refractivity (Wildman–Crippen MR) is 377 cm³/mol. The van der Waals surface area contributed by atoms with Crippen molar-refractivity contribution in [1.29, 1.82) is 0 Å². The van der Waals surface area contributed by atoms with Gasteiger partial charge >= 0.3 is 0 Å². The van der Waals surface area contributed by atoms with Crippen molar-refractivity contribution in [1.82, 2.24) is 0 Å². The lowest BCUT2D eigenvalue weighted by Gasteiger charge is -2.20. The van der Waals surface area contributed by atoms with Gasteiger partial charge in [-0.15, -0.1) is 6.58 Å². The zero-order valence-electron chi connectivity index (χ0n) is 58.3. The minimum absolute atomic E-state index is 0.0192. The molecule has 0 amide bonds. The summed E-state index contributed by atoms with van der Waals surface area (Å²) in [6.07, 6.45) is 9.04. The van der Waals surface area contributed by atoms with E-state index in [0.29, 0.717) is 71.4 Å². The number of phenolic OH excluding ortho intramolecular Hbond substituents is 3. The van der Waals surface area contributed by atoms with Crippen molar-refractivity contribution in [2.75, 3.05) is 55.9 Å². The number of aryl methyl sites for hydroxylation is 1. The third-order valence-corrected chi connectivity index (χ3v) is 18.7. The summed E-state index contributed by atoms with van der Waals surface area (Å²) in [6, 6.07) is 42.8. The number of aromatic hydroxyl groups is 3. The molecule has 1 fully saturated rings. The van der Waals surface area contributed by atoms with Gasteiger partial charge < -0.3 is 81.6 Å². The molecule has 5 heterocycles. The van der Waals surface area contributed by atoms with Crippen LogP contribution < -0.4 is 61.6 Å². The second-order valence-electron chi connectivity index (χ2n) is 25.5. The molecule has 0 saturated carbocycles. The van der Waals surface area contributed by atoms with Gasteiger partial charge in [-0.05, 0) is 205 Å². The molecule has 3 N–H and O–H groups in total. The van der Waals surface area contributed by atoms with Crippen molar-refractivity contribution >= 4 is 6.08 Å². The Balaban J connectivity index is 0.000000142. The van der Waals surface area contributed by atoms with Gasteiger partial charge in [-0.25, -0.2) is 0 Å². The third kappa shape index (κ3) is 16.5. The number of fused-ring (bicyclic) bond motifs is 4. The summed E-state index contributed by atoms with van der Waals surface area (Å²) in [5.74, 6) is 11.8. The number of benzene rings is 8. The Hall–Kier alpha value is -10.0. The quantitative estimate of drug-likeness (QED) is 0.0610. The number of rotatable bonds is 20. The number of methoxy groups -OCH3 is 5. The fourth-order valence-corrected chi connectivity index (χ4v) is 12.9. The molecule has 17 heteroatoms. The van der Waals surface area contributed by atoms with Gasteiger partial charge in [-0.1, -0.05) is 95.3 Å². The summed E-state index contributed by atoms with van der Waals surface area (Å²) < 4.78 is 78.3. The molecular weight excluding hydrogens is 1240 g/mol. The predicted octanol–water partition coefficient (Wildman–Crippen LogP) is 17.6. The standard InChI is InChI=1S/C21H26O5.C20H22O5.C20H20O4.C20H24O3/c1-6-7-15-12-19(24-4)21(20(13-15)25-5)26-14(2)10-16-8-9-17(22)18(11-16)23-3;1-11-12(2)20(14-5-7-16-18(9-14)24-10-23-16)25-19(11)13-4-6-15(21)17(8-13)22-3;1-4-5-13-8-15-12(2)19(24-20(15)18(9-13)21-3)14-6-7-16-17(10-14)23-11-22-16;1-13(8-16-4-6-18(21)15(3)10-16)14(2)9-17-5-7-19-20(11-17)23-12-22-19/h6,8-9,11-14,22H,1,7,10H2,2-5H3;4-9,11-12,19-21H,10H2,1-3H3;4-10,12,19H,11H2,1-3H3;4-7,10-11,13-14,21H,8-9,12H2,1-3H3/b;;5-4+;/t;11-,12-,19+,20-;12-,19-;13-,14+/m.010/s1. The van der Waals surface area contributed by atoms with E-state index in [1.807, 2.05) is 118 Å². The Labute approximate surface area is 575 Å². The largest absolute Gasteiger partial charge is 0.508 e. The molecule has 13 rings (SSSR count). The Morgan fingerprint density at radius 3 is 1.47 bits per heavy atom. The van der Waals surface area contributed by atoms with E-state index >= 15 is 0 Å². The van der Waals surface area contributed by atoms with Crippen molar-refractivity contribution in [2.45, 2.75) is 111 Å². The molecule has 0 spiro atoms. The minimum atomic E-state index is -0.141. The molecule has 0 aromatic heterocycles. The summed E-state index contributed by atoms with van der Waals surface area (Å²) in [7, 11) is 7.97. The SMILES string of the molecule is C/C=C/c1cc(OC)c2c(c1)[C@@H](C)[C@H](c1ccc3c(c1)OCO3)O2.C=CCc1cc(OC)c(OC(C)Cc2ccc(O)c(OC)c2)c(OC)c1.COc1cc([C@@H]2O[C@H](c3ccc4c(c3)OCO4)[C@@H](C)[C@@H]2C)ccc1O.Cc1cc(C[C@H](C)[C@H](C)Cc2ccc3c(c2)OCO3)ccc1O. The van der Waals surface area contributed by atoms with Crippen LogP contribution in [0.3, 0.4) is 0 Å². The van der Waals surface area contributed by atoms with Crippen LogP contribution >= 0.6 is 0 Å². The molecule has 1 saturated heterocycles. The normalized spacial score (nSPS) is 18.8. The van der Waals surface area contributed by atoms with Crippen molar-refractivity contribution in [3.63, 3.8) is 0 Å². The molecule has 8 aromatic carbocycles. The average molecular weight is 1340 g/mol. The van der Waals surface area contributed by atoms with Crippen LogP contribution in [0.2, 0.25) is 0 Å². The van der Waals surface area contributed by atoms with Crippen LogP contribution in [-0.4, -0.2) is 77.4 Å². The molecule has 9 atom stereocenters. The maximum Gasteiger partial charge on any atom is 0.231 e. The fraction of sp³-hybridized carbons (Fsp3) is 0.358. The molecule has 5 aliphatic heterocycles. The van der Waals surface area contributed by atoms with Crippen LogP contribution in [0.5, 0.6) is 92.0 Å². The molecule has 0 bridgehead atoms. The smallest absolute Gasteiger partial charge is 0.231 e. The number of phenols is 3. The van der Waals surface area contributed by atoms with E-state index in [1.54, 1.807) is 52.7 Å². The molecule has 5 aliphatic rings. The number of hydrogen-bond acceptors (Lipinski definition) is 17. The van der Waals surface area contributed by atoms with Crippen molar-refractivity contribution in [2.24, 2.45) is 23.7 Å². The molecule has 0 radical (unpaired) electrons. The van der Waals surface area contributed by atoms with E-state index in [9.17, 15) is 15.3 Å². The monoisotopic (exact) mass is 1340 g/mol. The topological polar surface area (TPSA) is 190 Å². The minimum Gasteiger partial charge on any atom is -0.508 e. The van der Waals surface area contributed by atoms with Crippen molar-refractivity contribution in [3.8, 4) is 92.0 Å². The Morgan fingerprint density at radius 2 is 0.929 bits per heavy atom. The molecule has 8 aromatic rings. The van der Waals surface area contributed by atoms with Crippen LogP contribution in [0.25, 0.3) is 6.08 Å². The summed E-state index contributed by atoms with van der Waals surface area (Å²) in [6.45, 7) is 21.7. The van der Waals surface area contributed by atoms with Gasteiger partial charge in [0.1, 0.15) is 18.0 Å². The maximum absolute atomic E-state index is 9.82. The molecule has 17 nitrogen and oxygen atoms in total. The van der Waals surface area contributed by atoms with Crippen LogP contribution in [-0.2, 0) is 30.4 Å². The van der Waals surface area contributed by atoms with E-state index in [-0.39, 0.29) is 55.4 Å². The van der Waals surface area contributed by atoms with Gasteiger partial charge in [0.05, 0.1) is 47.8 Å². The summed E-state index contributed by atoms with van der Waals surface area (Å²) >= 11 is 0. The van der Waals surface area contributed by atoms with E-state index in [4.69, 9.17) is 66.3 Å². The third-order valence-electron chi connectivity index (χ3n) is 18.7. The molecule has 0 aliphatic carbocycles. The zero-order valence-corrected chi connectivity index (χ0v) is 58.3. The van der Waals surface area contributed by atoms with Crippen LogP contribution in [0.1, 0.15) is 128 Å². The summed E-state index contributed by atoms with van der Waals surface area (Å²) in [5, 5.41) is 29.2. The maximum atomic E-state index is 9.82. The van der Waals surface area contributed by atoms with Gasteiger partial charge in [0.15, 0.2) is 80.5 Å². The molecule has 518 valence electrons. The second-order valence-corrected chi connectivity index (χ2v) is 25.5. The highest BCUT2D eigenvalue weighted by Gasteiger charge is 2.42. The molecule has 1 unspecified atom stereocenters. The van der Waals surface area contributed by atoms with Crippen molar-refractivity contribution in [3.05, 3.63) is 208 Å². The van der Waals surface area contributed by atoms with Crippen LogP contribution in [0.15, 0.2) is 152 Å². The summed E-state index contributed by atoms with van der Waals surface area (Å²) in [5.41, 5.74) is 11.0. The lowest BCUT2D eigenvalue weighted by atomic mass is 9.85. The van der Waals surface area contributed by atoms with Crippen LogP contribution in [0, 0.1) is 30.6 Å². The number of hydrogen-bond donors (Lipinski definition) is 3. The van der Waals surface area contributed by atoms with Gasteiger partial charge in [-0.2, -0.15) is 0 Å². The van der Waals surface area contributed by atoms with E-state index in [1.165, 1.54) is 23.8 Å². The van der Waals surface area contributed by atoms with Gasteiger partial charge in [0.25, 0.3) is 0 Å². The highest BCUT2D eigenvalue weighted by molar-refractivity contribution is 5.63. The Bertz CT molecular complexity index is 4040. The zero-order chi connectivity index (χ0) is 69.7. The lowest BCUT2D eigenvalue weighted by Crippen LogP contribution is -2.16. The number of ether oxygens (including phenoxy) is 14. The molecule has 98 heavy (non-hydrogen) atoms. The first-order valence-electron chi connectivity index (χ1n) is 33.2. The first-order chi connectivity index (χ1) is 47.3. The lowest BCUT2D eigenvalue weighted by molar-refractivity contribution is 0.0288. The van der Waals surface area contributed by atoms with E-state index in [2.05, 4.69) is 71.5 Å². The first-order valence-corrected chi connectivity index (χ1v) is 33.2. The van der Waals surface area contributed by atoms with E-state index in [0.717, 1.165) is 104 Å². The average Bonchev–Trinajstić information content (AvgIpc) is 1.62.